The first kappa shape index (κ1) is 20.6. The van der Waals surface area contributed by atoms with Crippen LogP contribution in [0.25, 0.3) is 6.08 Å². The van der Waals surface area contributed by atoms with E-state index in [1.807, 2.05) is 12.1 Å². The van der Waals surface area contributed by atoms with Crippen molar-refractivity contribution in [1.29, 1.82) is 0 Å². The number of sulfone groups is 1. The van der Waals surface area contributed by atoms with E-state index in [0.29, 0.717) is 31.9 Å². The van der Waals surface area contributed by atoms with Gasteiger partial charge in [-0.15, -0.1) is 0 Å². The van der Waals surface area contributed by atoms with Crippen molar-refractivity contribution in [3.05, 3.63) is 41.5 Å². The first-order valence-corrected chi connectivity index (χ1v) is 10.9. The number of benzene rings is 1. The summed E-state index contributed by atoms with van der Waals surface area (Å²) in [7, 11) is -1.42. The van der Waals surface area contributed by atoms with Crippen LogP contribution in [0.2, 0.25) is 0 Å². The fraction of sp³-hybridized carbons (Fsp3) is 0.550. The van der Waals surface area contributed by atoms with Crippen molar-refractivity contribution in [2.24, 2.45) is 0 Å². The van der Waals surface area contributed by atoms with E-state index in [9.17, 15) is 13.2 Å². The summed E-state index contributed by atoms with van der Waals surface area (Å²) in [4.78, 5) is 14.4. The van der Waals surface area contributed by atoms with Crippen molar-refractivity contribution in [1.82, 2.24) is 4.90 Å². The van der Waals surface area contributed by atoms with Crippen molar-refractivity contribution in [2.75, 3.05) is 31.8 Å². The molecule has 0 aromatic heterocycles. The topological polar surface area (TPSA) is 63.7 Å². The van der Waals surface area contributed by atoms with Gasteiger partial charge in [0.15, 0.2) is 9.84 Å². The van der Waals surface area contributed by atoms with Gasteiger partial charge in [0, 0.05) is 32.4 Å². The van der Waals surface area contributed by atoms with Gasteiger partial charge in [-0.3, -0.25) is 4.79 Å². The number of hydrogen-bond acceptors (Lipinski definition) is 4. The van der Waals surface area contributed by atoms with Crippen LogP contribution in [0, 0.1) is 0 Å². The Kier molecular flexibility index (Phi) is 7.41. The zero-order valence-electron chi connectivity index (χ0n) is 15.8. The van der Waals surface area contributed by atoms with Gasteiger partial charge < -0.3 is 9.64 Å². The van der Waals surface area contributed by atoms with E-state index in [1.165, 1.54) is 5.56 Å². The van der Waals surface area contributed by atoms with Gasteiger partial charge in [-0.25, -0.2) is 8.42 Å². The standard InChI is InChI=1S/C20H29NO4S/c1-16(2)18-8-5-17(6-9-18)7-10-20(22)21(12-4-13-25-3)19-11-14-26(23,24)15-19/h5-10,16,19H,4,11-15H2,1-3H3/b10-7+. The molecule has 1 saturated heterocycles. The van der Waals surface area contributed by atoms with Gasteiger partial charge in [0.25, 0.3) is 0 Å². The lowest BCUT2D eigenvalue weighted by atomic mass is 10.0. The molecule has 144 valence electrons. The third kappa shape index (κ3) is 5.95. The Morgan fingerprint density at radius 3 is 2.54 bits per heavy atom. The number of nitrogens with zero attached hydrogens (tertiary/aromatic N) is 1. The first-order chi connectivity index (χ1) is 12.3. The van der Waals surface area contributed by atoms with Crippen LogP contribution in [-0.2, 0) is 19.4 Å². The Morgan fingerprint density at radius 2 is 2.00 bits per heavy atom. The molecule has 1 amide bonds. The molecule has 0 N–H and O–H groups in total. The van der Waals surface area contributed by atoms with Gasteiger partial charge in [0.05, 0.1) is 11.5 Å². The van der Waals surface area contributed by atoms with E-state index >= 15 is 0 Å². The predicted molar refractivity (Wildman–Crippen MR) is 105 cm³/mol. The normalized spacial score (nSPS) is 19.3. The molecule has 0 spiro atoms. The fourth-order valence-electron chi connectivity index (χ4n) is 3.13. The molecular formula is C20H29NO4S. The van der Waals surface area contributed by atoms with E-state index < -0.39 is 9.84 Å². The van der Waals surface area contributed by atoms with Gasteiger partial charge in [-0.1, -0.05) is 38.1 Å². The molecule has 0 radical (unpaired) electrons. The largest absolute Gasteiger partial charge is 0.385 e. The molecule has 0 saturated carbocycles. The summed E-state index contributed by atoms with van der Waals surface area (Å²) in [6.45, 7) is 5.33. The number of hydrogen-bond donors (Lipinski definition) is 0. The maximum absolute atomic E-state index is 12.7. The SMILES string of the molecule is COCCCN(C(=O)/C=C/c1ccc(C(C)C)cc1)C1CCS(=O)(=O)C1. The van der Waals surface area contributed by atoms with Crippen LogP contribution >= 0.6 is 0 Å². The zero-order valence-corrected chi connectivity index (χ0v) is 16.7. The minimum atomic E-state index is -3.03. The lowest BCUT2D eigenvalue weighted by Crippen LogP contribution is -2.41. The van der Waals surface area contributed by atoms with Crippen LogP contribution in [0.4, 0.5) is 0 Å². The molecule has 2 rings (SSSR count). The second kappa shape index (κ2) is 9.33. The quantitative estimate of drug-likeness (QED) is 0.515. The molecule has 1 aromatic carbocycles. The highest BCUT2D eigenvalue weighted by Crippen LogP contribution is 2.19. The second-order valence-electron chi connectivity index (χ2n) is 7.09. The highest BCUT2D eigenvalue weighted by atomic mass is 32.2. The molecule has 1 unspecified atom stereocenters. The minimum Gasteiger partial charge on any atom is -0.385 e. The smallest absolute Gasteiger partial charge is 0.246 e. The van der Waals surface area contributed by atoms with Crippen molar-refractivity contribution in [3.63, 3.8) is 0 Å². The molecule has 1 heterocycles. The molecule has 6 heteroatoms. The molecule has 5 nitrogen and oxygen atoms in total. The van der Waals surface area contributed by atoms with Crippen LogP contribution in [-0.4, -0.2) is 57.0 Å². The Labute approximate surface area is 157 Å². The summed E-state index contributed by atoms with van der Waals surface area (Å²) in [5, 5.41) is 0. The average Bonchev–Trinajstić information content (AvgIpc) is 2.96. The highest BCUT2D eigenvalue weighted by Gasteiger charge is 2.33. The van der Waals surface area contributed by atoms with Crippen LogP contribution in [0.3, 0.4) is 0 Å². The minimum absolute atomic E-state index is 0.0582. The van der Waals surface area contributed by atoms with E-state index in [1.54, 1.807) is 24.2 Å². The number of carbonyl (C=O) groups excluding carboxylic acids is 1. The van der Waals surface area contributed by atoms with Crippen molar-refractivity contribution in [3.8, 4) is 0 Å². The van der Waals surface area contributed by atoms with Gasteiger partial charge in [-0.2, -0.15) is 0 Å². The summed E-state index contributed by atoms with van der Waals surface area (Å²) in [6, 6.07) is 7.88. The molecule has 1 atom stereocenters. The molecule has 0 bridgehead atoms. The predicted octanol–water partition coefficient (Wildman–Crippen LogP) is 2.88. The number of carbonyl (C=O) groups is 1. The fourth-order valence-corrected chi connectivity index (χ4v) is 4.86. The molecular weight excluding hydrogens is 350 g/mol. The molecule has 1 fully saturated rings. The third-order valence-corrected chi connectivity index (χ3v) is 6.45. The van der Waals surface area contributed by atoms with E-state index in [2.05, 4.69) is 26.0 Å². The van der Waals surface area contributed by atoms with Gasteiger partial charge in [-0.05, 0) is 36.0 Å². The number of rotatable bonds is 8. The zero-order chi connectivity index (χ0) is 19.2. The van der Waals surface area contributed by atoms with Gasteiger partial charge in [0.2, 0.25) is 5.91 Å². The summed E-state index contributed by atoms with van der Waals surface area (Å²) in [5.41, 5.74) is 2.21. The van der Waals surface area contributed by atoms with Crippen LogP contribution in [0.1, 0.15) is 43.7 Å². The lowest BCUT2D eigenvalue weighted by molar-refractivity contribution is -0.127. The van der Waals surface area contributed by atoms with Crippen LogP contribution in [0.15, 0.2) is 30.3 Å². The van der Waals surface area contributed by atoms with Crippen molar-refractivity contribution < 1.29 is 17.9 Å². The lowest BCUT2D eigenvalue weighted by Gasteiger charge is -2.27. The third-order valence-electron chi connectivity index (χ3n) is 4.70. The summed E-state index contributed by atoms with van der Waals surface area (Å²) >= 11 is 0. The van der Waals surface area contributed by atoms with Crippen LogP contribution < -0.4 is 0 Å². The van der Waals surface area contributed by atoms with Gasteiger partial charge in [0.1, 0.15) is 0 Å². The summed E-state index contributed by atoms with van der Waals surface area (Å²) < 4.78 is 28.6. The summed E-state index contributed by atoms with van der Waals surface area (Å²) in [5.74, 6) is 0.542. The molecule has 1 aliphatic heterocycles. The number of amides is 1. The second-order valence-corrected chi connectivity index (χ2v) is 9.32. The maximum atomic E-state index is 12.7. The molecule has 1 aliphatic rings. The van der Waals surface area contributed by atoms with E-state index in [-0.39, 0.29) is 23.5 Å². The number of ether oxygens (including phenoxy) is 1. The Morgan fingerprint density at radius 1 is 1.31 bits per heavy atom. The highest BCUT2D eigenvalue weighted by molar-refractivity contribution is 7.91. The van der Waals surface area contributed by atoms with Crippen LogP contribution in [0.5, 0.6) is 0 Å². The van der Waals surface area contributed by atoms with Crippen molar-refractivity contribution in [2.45, 2.75) is 38.6 Å². The molecule has 1 aromatic rings. The van der Waals surface area contributed by atoms with Crippen molar-refractivity contribution >= 4 is 21.8 Å². The molecule has 0 aliphatic carbocycles. The van der Waals surface area contributed by atoms with Gasteiger partial charge >= 0.3 is 0 Å². The molecule has 26 heavy (non-hydrogen) atoms. The number of methoxy groups -OCH3 is 1. The Hall–Kier alpha value is -1.66. The van der Waals surface area contributed by atoms with E-state index in [0.717, 1.165) is 5.56 Å². The Bertz CT molecular complexity index is 723. The maximum Gasteiger partial charge on any atom is 0.246 e. The van der Waals surface area contributed by atoms with E-state index in [4.69, 9.17) is 4.74 Å². The Balaban J connectivity index is 2.07. The first-order valence-electron chi connectivity index (χ1n) is 9.10. The monoisotopic (exact) mass is 379 g/mol. The average molecular weight is 380 g/mol. The summed E-state index contributed by atoms with van der Waals surface area (Å²) in [6.07, 6.45) is 4.54.